The maximum Gasteiger partial charge on any atom is 0.0598 e. The largest absolute Gasteiger partial charge is 0.148 e. The third-order valence-corrected chi connectivity index (χ3v) is 7.25. The Morgan fingerprint density at radius 2 is 1.93 bits per heavy atom. The van der Waals surface area contributed by atoms with Gasteiger partial charge in [-0.1, -0.05) is 71.9 Å². The molecule has 1 aliphatic rings. The summed E-state index contributed by atoms with van der Waals surface area (Å²) >= 11 is 7.38. The Hall–Kier alpha value is 1.81. The Labute approximate surface area is 126 Å². The van der Waals surface area contributed by atoms with Crippen LogP contribution in [0, 0.1) is 11.3 Å². The first-order valence-corrected chi connectivity index (χ1v) is 9.77. The molecule has 1 rings (SSSR count). The van der Waals surface area contributed by atoms with Gasteiger partial charge in [-0.25, -0.2) is 0 Å². The van der Waals surface area contributed by atoms with Crippen LogP contribution in [-0.4, -0.2) is 13.4 Å². The molecular formula is C12H22I2S. The summed E-state index contributed by atoms with van der Waals surface area (Å²) in [7, 11) is 0. The zero-order valence-electron chi connectivity index (χ0n) is 9.77. The highest BCUT2D eigenvalue weighted by Crippen LogP contribution is 2.50. The number of rotatable bonds is 6. The lowest BCUT2D eigenvalue weighted by Gasteiger charge is -2.37. The maximum absolute atomic E-state index is 2.69. The molecule has 0 nitrogen and oxygen atoms in total. The highest BCUT2D eigenvalue weighted by Gasteiger charge is 2.39. The quantitative estimate of drug-likeness (QED) is 0.378. The zero-order valence-corrected chi connectivity index (χ0v) is 14.9. The smallest absolute Gasteiger partial charge is 0.0598 e. The van der Waals surface area contributed by atoms with Crippen LogP contribution in [0.5, 0.6) is 0 Å². The molecule has 0 aliphatic heterocycles. The van der Waals surface area contributed by atoms with Gasteiger partial charge in [0.05, 0.1) is 3.26 Å². The third kappa shape index (κ3) is 4.19. The van der Waals surface area contributed by atoms with E-state index >= 15 is 0 Å². The molecule has 0 radical (unpaired) electrons. The fourth-order valence-electron chi connectivity index (χ4n) is 2.74. The Kier molecular flexibility index (Phi) is 7.23. The molecule has 0 aromatic heterocycles. The average Bonchev–Trinajstić information content (AvgIpc) is 2.62. The van der Waals surface area contributed by atoms with E-state index in [1.165, 1.54) is 42.3 Å². The minimum Gasteiger partial charge on any atom is -0.148 e. The van der Waals surface area contributed by atoms with Crippen LogP contribution in [0.2, 0.25) is 0 Å². The zero-order chi connectivity index (χ0) is 11.3. The molecule has 2 unspecified atom stereocenters. The molecule has 0 saturated heterocycles. The molecule has 0 amide bonds. The molecule has 15 heavy (non-hydrogen) atoms. The van der Waals surface area contributed by atoms with Crippen LogP contribution < -0.4 is 0 Å². The van der Waals surface area contributed by atoms with Gasteiger partial charge in [0.15, 0.2) is 0 Å². The monoisotopic (exact) mass is 452 g/mol. The molecule has 3 heteroatoms. The van der Waals surface area contributed by atoms with Crippen LogP contribution >= 0.6 is 56.9 Å². The summed E-state index contributed by atoms with van der Waals surface area (Å²) in [4.78, 5) is 0. The van der Waals surface area contributed by atoms with Crippen LogP contribution in [0.4, 0.5) is 0 Å². The minimum absolute atomic E-state index is 0.652. The van der Waals surface area contributed by atoms with Crippen molar-refractivity contribution in [3.63, 3.8) is 0 Å². The number of thioether (sulfide) groups is 1. The first-order chi connectivity index (χ1) is 7.14. The Morgan fingerprint density at radius 1 is 1.33 bits per heavy atom. The summed E-state index contributed by atoms with van der Waals surface area (Å²) in [6.07, 6.45) is 7.29. The van der Waals surface area contributed by atoms with E-state index in [4.69, 9.17) is 0 Å². The summed E-state index contributed by atoms with van der Waals surface area (Å²) in [5.41, 5.74) is 0.652. The molecule has 1 fully saturated rings. The normalized spacial score (nSPS) is 24.0. The van der Waals surface area contributed by atoms with E-state index in [2.05, 4.69) is 70.8 Å². The fraction of sp³-hybridized carbons (Fsp3) is 1.00. The number of alkyl halides is 2. The van der Waals surface area contributed by atoms with Gasteiger partial charge in [0.2, 0.25) is 0 Å². The van der Waals surface area contributed by atoms with Crippen LogP contribution in [0.25, 0.3) is 0 Å². The average molecular weight is 452 g/mol. The van der Waals surface area contributed by atoms with E-state index in [1.54, 1.807) is 0 Å². The van der Waals surface area contributed by atoms with Crippen molar-refractivity contribution in [2.45, 2.75) is 49.2 Å². The van der Waals surface area contributed by atoms with E-state index in [1.807, 2.05) is 0 Å². The van der Waals surface area contributed by atoms with Gasteiger partial charge >= 0.3 is 0 Å². The lowest BCUT2D eigenvalue weighted by atomic mass is 9.75. The molecule has 2 atom stereocenters. The van der Waals surface area contributed by atoms with Crippen molar-refractivity contribution in [3.8, 4) is 0 Å². The SMILES string of the molecule is CCSC(I)C(CCI)C1(C)CCCC1. The molecule has 1 saturated carbocycles. The van der Waals surface area contributed by atoms with Gasteiger partial charge < -0.3 is 0 Å². The molecule has 90 valence electrons. The van der Waals surface area contributed by atoms with Crippen LogP contribution in [0.3, 0.4) is 0 Å². The van der Waals surface area contributed by atoms with Gasteiger partial charge in [-0.2, -0.15) is 0 Å². The molecule has 0 bridgehead atoms. The van der Waals surface area contributed by atoms with Crippen molar-refractivity contribution in [2.75, 3.05) is 10.2 Å². The second-order valence-corrected chi connectivity index (χ2v) is 9.44. The standard InChI is InChI=1S/C12H22I2S/c1-3-15-11(14)10(6-9-13)12(2)7-4-5-8-12/h10-11H,3-9H2,1-2H3. The molecule has 0 aromatic carbocycles. The summed E-state index contributed by atoms with van der Waals surface area (Å²) in [6.45, 7) is 4.83. The van der Waals surface area contributed by atoms with Crippen LogP contribution in [-0.2, 0) is 0 Å². The lowest BCUT2D eigenvalue weighted by Crippen LogP contribution is -2.30. The molecule has 0 spiro atoms. The molecule has 0 heterocycles. The van der Waals surface area contributed by atoms with E-state index in [9.17, 15) is 0 Å². The molecular weight excluding hydrogens is 430 g/mol. The number of hydrogen-bond donors (Lipinski definition) is 0. The molecule has 1 aliphatic carbocycles. The fourth-order valence-corrected chi connectivity index (χ4v) is 6.74. The summed E-state index contributed by atoms with van der Waals surface area (Å²) in [5.74, 6) is 2.20. The van der Waals surface area contributed by atoms with Gasteiger partial charge in [-0.15, -0.1) is 11.8 Å². The Bertz CT molecular complexity index is 178. The molecule has 0 aromatic rings. The number of halogens is 2. The van der Waals surface area contributed by atoms with Crippen LogP contribution in [0.15, 0.2) is 0 Å². The van der Waals surface area contributed by atoms with Crippen molar-refractivity contribution >= 4 is 56.9 Å². The number of hydrogen-bond acceptors (Lipinski definition) is 1. The highest BCUT2D eigenvalue weighted by molar-refractivity contribution is 14.1. The summed E-state index contributed by atoms with van der Waals surface area (Å²) < 4.78 is 2.15. The first kappa shape index (κ1) is 14.9. The predicted octanol–water partition coefficient (Wildman–Crippen LogP) is 5.52. The van der Waals surface area contributed by atoms with Crippen molar-refractivity contribution in [1.82, 2.24) is 0 Å². The van der Waals surface area contributed by atoms with Gasteiger partial charge in [-0.05, 0) is 40.8 Å². The molecule has 0 N–H and O–H groups in total. The predicted molar refractivity (Wildman–Crippen MR) is 89.5 cm³/mol. The van der Waals surface area contributed by atoms with Gasteiger partial charge in [0.1, 0.15) is 0 Å². The van der Waals surface area contributed by atoms with Crippen molar-refractivity contribution in [2.24, 2.45) is 11.3 Å². The lowest BCUT2D eigenvalue weighted by molar-refractivity contribution is 0.207. The van der Waals surface area contributed by atoms with E-state index in [0.29, 0.717) is 5.41 Å². The second-order valence-electron chi connectivity index (χ2n) is 4.75. The highest BCUT2D eigenvalue weighted by atomic mass is 127. The summed E-state index contributed by atoms with van der Waals surface area (Å²) in [5, 5.41) is 0. The van der Waals surface area contributed by atoms with Crippen molar-refractivity contribution in [1.29, 1.82) is 0 Å². The minimum atomic E-state index is 0.652. The third-order valence-electron chi connectivity index (χ3n) is 3.70. The first-order valence-electron chi connectivity index (χ1n) is 5.95. The topological polar surface area (TPSA) is 0 Å². The Balaban J connectivity index is 2.62. The van der Waals surface area contributed by atoms with E-state index in [0.717, 1.165) is 9.17 Å². The van der Waals surface area contributed by atoms with E-state index < -0.39 is 0 Å². The summed E-state index contributed by atoms with van der Waals surface area (Å²) in [6, 6.07) is 0. The van der Waals surface area contributed by atoms with Crippen molar-refractivity contribution < 1.29 is 0 Å². The van der Waals surface area contributed by atoms with Gasteiger partial charge in [0.25, 0.3) is 0 Å². The van der Waals surface area contributed by atoms with Crippen LogP contribution in [0.1, 0.15) is 46.0 Å². The second kappa shape index (κ2) is 7.29. The Morgan fingerprint density at radius 3 is 2.40 bits per heavy atom. The van der Waals surface area contributed by atoms with Crippen molar-refractivity contribution in [3.05, 3.63) is 0 Å². The van der Waals surface area contributed by atoms with Gasteiger partial charge in [0, 0.05) is 0 Å². The van der Waals surface area contributed by atoms with E-state index in [-0.39, 0.29) is 0 Å². The maximum atomic E-state index is 2.69. The van der Waals surface area contributed by atoms with Gasteiger partial charge in [-0.3, -0.25) is 0 Å².